The van der Waals surface area contributed by atoms with Crippen LogP contribution in [0.1, 0.15) is 38.2 Å². The van der Waals surface area contributed by atoms with Crippen molar-refractivity contribution in [3.05, 3.63) is 56.9 Å². The van der Waals surface area contributed by atoms with E-state index in [0.29, 0.717) is 6.54 Å². The maximum absolute atomic E-state index is 12.6. The van der Waals surface area contributed by atoms with E-state index in [4.69, 9.17) is 5.21 Å². The highest BCUT2D eigenvalue weighted by Crippen LogP contribution is 2.05. The van der Waals surface area contributed by atoms with Crippen molar-refractivity contribution in [1.82, 2.24) is 14.1 Å². The quantitative estimate of drug-likeness (QED) is 0.572. The Balaban J connectivity index is 2.32. The molecule has 2 N–H and O–H groups in total. The highest BCUT2D eigenvalue weighted by Gasteiger charge is 2.12. The Morgan fingerprint density at radius 3 is 2.48 bits per heavy atom. The second-order valence-electron chi connectivity index (χ2n) is 5.40. The van der Waals surface area contributed by atoms with Crippen molar-refractivity contribution in [2.24, 2.45) is 0 Å². The lowest BCUT2D eigenvalue weighted by Crippen LogP contribution is -2.42. The number of rotatable bonds is 8. The van der Waals surface area contributed by atoms with E-state index in [-0.39, 0.29) is 12.5 Å². The summed E-state index contributed by atoms with van der Waals surface area (Å²) in [4.78, 5) is 28.3. The van der Waals surface area contributed by atoms with Gasteiger partial charge in [-0.3, -0.25) is 9.77 Å². The van der Waals surface area contributed by atoms with Crippen LogP contribution in [0.4, 0.5) is 5.95 Å². The van der Waals surface area contributed by atoms with Crippen LogP contribution in [0.2, 0.25) is 0 Å². The number of aromatic nitrogens is 3. The molecule has 0 aliphatic heterocycles. The fourth-order valence-electron chi connectivity index (χ4n) is 2.41. The van der Waals surface area contributed by atoms with Gasteiger partial charge in [-0.15, -0.1) is 0 Å². The average molecular weight is 318 g/mol. The van der Waals surface area contributed by atoms with Crippen molar-refractivity contribution < 1.29 is 5.21 Å². The maximum Gasteiger partial charge on any atom is 0.354 e. The molecule has 0 atom stereocenters. The lowest BCUT2D eigenvalue weighted by molar-refractivity contribution is 0.371. The third kappa shape index (κ3) is 4.29. The predicted octanol–water partition coefficient (Wildman–Crippen LogP) is 1.83. The SMILES string of the molecule is CCCCCCn1c(=O)nc(NO)n(Cc2ccccc2)c1=O. The number of hydrogen-bond donors (Lipinski definition) is 2. The molecule has 0 radical (unpaired) electrons. The first-order valence-electron chi connectivity index (χ1n) is 7.83. The molecule has 7 nitrogen and oxygen atoms in total. The molecule has 0 aliphatic rings. The van der Waals surface area contributed by atoms with Crippen LogP contribution < -0.4 is 16.9 Å². The van der Waals surface area contributed by atoms with Crippen molar-refractivity contribution in [3.63, 3.8) is 0 Å². The second-order valence-corrected chi connectivity index (χ2v) is 5.40. The summed E-state index contributed by atoms with van der Waals surface area (Å²) in [6.07, 6.45) is 3.86. The third-order valence-corrected chi connectivity index (χ3v) is 3.67. The van der Waals surface area contributed by atoms with Crippen molar-refractivity contribution >= 4 is 5.95 Å². The van der Waals surface area contributed by atoms with Crippen LogP contribution in [0.5, 0.6) is 0 Å². The minimum Gasteiger partial charge on any atom is -0.288 e. The van der Waals surface area contributed by atoms with Crippen LogP contribution in [0.3, 0.4) is 0 Å². The molecule has 2 rings (SSSR count). The van der Waals surface area contributed by atoms with Crippen LogP contribution in [0.25, 0.3) is 0 Å². The van der Waals surface area contributed by atoms with E-state index < -0.39 is 11.4 Å². The standard InChI is InChI=1S/C16H22N4O3/c1-2-3-4-8-11-19-15(21)17-14(18-23)20(16(19)22)12-13-9-6-5-7-10-13/h5-7,9-10,23H,2-4,8,11-12H2,1H3,(H,17,18,21). The largest absolute Gasteiger partial charge is 0.354 e. The molecule has 0 aliphatic carbocycles. The van der Waals surface area contributed by atoms with Gasteiger partial charge in [-0.25, -0.2) is 19.6 Å². The van der Waals surface area contributed by atoms with Crippen LogP contribution >= 0.6 is 0 Å². The summed E-state index contributed by atoms with van der Waals surface area (Å²) in [6.45, 7) is 2.66. The molecule has 0 saturated heterocycles. The molecular formula is C16H22N4O3. The van der Waals surface area contributed by atoms with Crippen LogP contribution in [-0.4, -0.2) is 19.3 Å². The first kappa shape index (κ1) is 17.0. The van der Waals surface area contributed by atoms with Gasteiger partial charge in [0.05, 0.1) is 6.54 Å². The maximum atomic E-state index is 12.6. The van der Waals surface area contributed by atoms with Gasteiger partial charge in [-0.1, -0.05) is 56.5 Å². The lowest BCUT2D eigenvalue weighted by Gasteiger charge is -2.13. The molecule has 7 heteroatoms. The molecule has 1 aromatic carbocycles. The van der Waals surface area contributed by atoms with Gasteiger partial charge in [0.15, 0.2) is 0 Å². The van der Waals surface area contributed by atoms with Gasteiger partial charge in [0.25, 0.3) is 0 Å². The Hall–Kier alpha value is -2.41. The van der Waals surface area contributed by atoms with Gasteiger partial charge in [-0.05, 0) is 12.0 Å². The number of unbranched alkanes of at least 4 members (excludes halogenated alkanes) is 3. The lowest BCUT2D eigenvalue weighted by atomic mass is 10.2. The first-order valence-corrected chi connectivity index (χ1v) is 7.83. The number of hydrogen-bond acceptors (Lipinski definition) is 5. The van der Waals surface area contributed by atoms with Gasteiger partial charge >= 0.3 is 11.4 Å². The van der Waals surface area contributed by atoms with E-state index in [9.17, 15) is 9.59 Å². The summed E-state index contributed by atoms with van der Waals surface area (Å²) in [6, 6.07) is 9.33. The number of nitrogens with zero attached hydrogens (tertiary/aromatic N) is 3. The molecule has 124 valence electrons. The second kappa shape index (κ2) is 8.28. The zero-order valence-corrected chi connectivity index (χ0v) is 13.2. The Labute approximate surface area is 134 Å². The number of benzene rings is 1. The molecule has 0 amide bonds. The summed E-state index contributed by atoms with van der Waals surface area (Å²) in [5.41, 5.74) is 1.60. The van der Waals surface area contributed by atoms with E-state index in [1.54, 1.807) is 0 Å². The summed E-state index contributed by atoms with van der Waals surface area (Å²) in [5, 5.41) is 9.16. The van der Waals surface area contributed by atoms with Gasteiger partial charge in [0.2, 0.25) is 5.95 Å². The Morgan fingerprint density at radius 2 is 1.83 bits per heavy atom. The predicted molar refractivity (Wildman–Crippen MR) is 87.9 cm³/mol. The smallest absolute Gasteiger partial charge is 0.288 e. The zero-order chi connectivity index (χ0) is 16.7. The van der Waals surface area contributed by atoms with Crippen molar-refractivity contribution in [1.29, 1.82) is 0 Å². The summed E-state index contributed by atoms with van der Waals surface area (Å²) in [7, 11) is 0. The molecule has 0 spiro atoms. The normalized spacial score (nSPS) is 10.7. The molecule has 0 unspecified atom stereocenters. The zero-order valence-electron chi connectivity index (χ0n) is 13.2. The van der Waals surface area contributed by atoms with Gasteiger partial charge in [0.1, 0.15) is 0 Å². The van der Waals surface area contributed by atoms with Gasteiger partial charge < -0.3 is 0 Å². The van der Waals surface area contributed by atoms with Crippen LogP contribution in [0.15, 0.2) is 39.9 Å². The minimum absolute atomic E-state index is 0.145. The van der Waals surface area contributed by atoms with E-state index >= 15 is 0 Å². The third-order valence-electron chi connectivity index (χ3n) is 3.67. The minimum atomic E-state index is -0.646. The fourth-order valence-corrected chi connectivity index (χ4v) is 2.41. The van der Waals surface area contributed by atoms with Crippen molar-refractivity contribution in [2.45, 2.75) is 45.7 Å². The molecule has 2 aromatic rings. The van der Waals surface area contributed by atoms with E-state index in [1.165, 1.54) is 4.57 Å². The average Bonchev–Trinajstić information content (AvgIpc) is 2.57. The Bertz CT molecular complexity index is 737. The van der Waals surface area contributed by atoms with Crippen molar-refractivity contribution in [3.8, 4) is 0 Å². The molecule has 1 aromatic heterocycles. The van der Waals surface area contributed by atoms with Crippen molar-refractivity contribution in [2.75, 3.05) is 5.48 Å². The topological polar surface area (TPSA) is 89.2 Å². The first-order chi connectivity index (χ1) is 11.2. The van der Waals surface area contributed by atoms with E-state index in [2.05, 4.69) is 11.9 Å². The van der Waals surface area contributed by atoms with Crippen LogP contribution in [0, 0.1) is 0 Å². The fraction of sp³-hybridized carbons (Fsp3) is 0.438. The molecule has 0 bridgehead atoms. The monoisotopic (exact) mass is 318 g/mol. The highest BCUT2D eigenvalue weighted by atomic mass is 16.5. The molecule has 23 heavy (non-hydrogen) atoms. The number of anilines is 1. The molecule has 1 heterocycles. The van der Waals surface area contributed by atoms with E-state index in [1.807, 2.05) is 35.8 Å². The summed E-state index contributed by atoms with van der Waals surface area (Å²) in [5.74, 6) is -0.145. The Kier molecular flexibility index (Phi) is 6.10. The molecule has 0 fully saturated rings. The van der Waals surface area contributed by atoms with Gasteiger partial charge in [0, 0.05) is 6.54 Å². The van der Waals surface area contributed by atoms with E-state index in [0.717, 1.165) is 35.8 Å². The number of nitrogens with one attached hydrogen (secondary N) is 1. The highest BCUT2D eigenvalue weighted by molar-refractivity contribution is 5.23. The van der Waals surface area contributed by atoms with Gasteiger partial charge in [-0.2, -0.15) is 4.98 Å². The molecular weight excluding hydrogens is 296 g/mol. The Morgan fingerprint density at radius 1 is 1.09 bits per heavy atom. The summed E-state index contributed by atoms with van der Waals surface area (Å²) >= 11 is 0. The molecule has 0 saturated carbocycles. The summed E-state index contributed by atoms with van der Waals surface area (Å²) < 4.78 is 2.38. The van der Waals surface area contributed by atoms with Crippen LogP contribution in [-0.2, 0) is 13.1 Å².